The Labute approximate surface area is 207 Å². The van der Waals surface area contributed by atoms with Crippen LogP contribution in [0.4, 0.5) is 13.2 Å². The number of phosphoric ester groups is 1. The maximum atomic E-state index is 13.5. The first-order chi connectivity index (χ1) is 16.5. The van der Waals surface area contributed by atoms with Gasteiger partial charge in [0.05, 0.1) is 24.8 Å². The third-order valence-corrected chi connectivity index (χ3v) is 4.94. The second-order valence-electron chi connectivity index (χ2n) is 6.82. The summed E-state index contributed by atoms with van der Waals surface area (Å²) in [6.07, 6.45) is -2.39. The number of hydrogen-bond donors (Lipinski definition) is 4. The molecule has 2 aromatic carbocycles. The molecule has 1 unspecified atom stereocenters. The standard InChI is InChI=1S/C20H23F3N3O5PS.C2H6/c21-20(22,23)17-11-15(19(33)26-25-12-16(24)13-31-32(27,28)29)8-9-18(17)30-10-4-7-14-5-2-1-3-6-14;1-2/h1-3,5-6,8-9,11-12,16H,4,7,10,13,24H2,(H,26,33)(H2,27,28,29);1-2H3/b25-12+;. The fourth-order valence-electron chi connectivity index (χ4n) is 2.60. The van der Waals surface area contributed by atoms with E-state index in [1.165, 1.54) is 12.1 Å². The SMILES string of the molecule is CC.NC(/C=N/NC(=S)c1ccc(OCCCc2ccccc2)c(C(F)(F)F)c1)COP(=O)(O)O. The van der Waals surface area contributed by atoms with Crippen molar-refractivity contribution in [3.8, 4) is 5.75 Å². The van der Waals surface area contributed by atoms with Gasteiger partial charge >= 0.3 is 14.0 Å². The molecule has 0 radical (unpaired) electrons. The zero-order valence-electron chi connectivity index (χ0n) is 19.2. The number of phosphoric acid groups is 1. The van der Waals surface area contributed by atoms with Gasteiger partial charge in [-0.15, -0.1) is 0 Å². The fourth-order valence-corrected chi connectivity index (χ4v) is 3.15. The van der Waals surface area contributed by atoms with Crippen LogP contribution in [0.15, 0.2) is 53.6 Å². The van der Waals surface area contributed by atoms with E-state index in [9.17, 15) is 17.7 Å². The number of benzene rings is 2. The largest absolute Gasteiger partial charge is 0.493 e. The average Bonchev–Trinajstić information content (AvgIpc) is 2.81. The summed E-state index contributed by atoms with van der Waals surface area (Å²) in [6.45, 7) is 3.59. The molecule has 0 saturated heterocycles. The van der Waals surface area contributed by atoms with Crippen molar-refractivity contribution in [3.05, 3.63) is 65.2 Å². The minimum atomic E-state index is -4.68. The van der Waals surface area contributed by atoms with Crippen LogP contribution in [0.3, 0.4) is 0 Å². The number of halogens is 3. The van der Waals surface area contributed by atoms with Crippen molar-refractivity contribution in [3.63, 3.8) is 0 Å². The van der Waals surface area contributed by atoms with E-state index in [0.717, 1.165) is 17.8 Å². The summed E-state index contributed by atoms with van der Waals surface area (Å²) in [6, 6.07) is 12.0. The quantitative estimate of drug-likeness (QED) is 0.109. The smallest absolute Gasteiger partial charge is 0.469 e. The van der Waals surface area contributed by atoms with Crippen LogP contribution in [-0.2, 0) is 21.7 Å². The van der Waals surface area contributed by atoms with Crippen molar-refractivity contribution < 1.29 is 36.8 Å². The predicted molar refractivity (Wildman–Crippen MR) is 132 cm³/mol. The topological polar surface area (TPSA) is 126 Å². The summed E-state index contributed by atoms with van der Waals surface area (Å²) in [7, 11) is -4.68. The first-order valence-corrected chi connectivity index (χ1v) is 12.6. The molecule has 0 bridgehead atoms. The Hall–Kier alpha value is -2.34. The van der Waals surface area contributed by atoms with Crippen molar-refractivity contribution in [1.29, 1.82) is 0 Å². The molecule has 1 atom stereocenters. The van der Waals surface area contributed by atoms with E-state index in [2.05, 4.69) is 15.1 Å². The fraction of sp³-hybridized carbons (Fsp3) is 0.364. The van der Waals surface area contributed by atoms with Gasteiger partial charge in [-0.05, 0) is 36.6 Å². The maximum absolute atomic E-state index is 13.5. The second-order valence-corrected chi connectivity index (χ2v) is 8.46. The average molecular weight is 536 g/mol. The summed E-state index contributed by atoms with van der Waals surface area (Å²) in [5.74, 6) is -0.303. The van der Waals surface area contributed by atoms with E-state index < -0.39 is 32.2 Å². The number of hydrogen-bond acceptors (Lipinski definition) is 6. The minimum Gasteiger partial charge on any atom is -0.493 e. The lowest BCUT2D eigenvalue weighted by molar-refractivity contribution is -0.139. The minimum absolute atomic E-state index is 0.0474. The van der Waals surface area contributed by atoms with Crippen molar-refractivity contribution in [2.24, 2.45) is 10.8 Å². The Morgan fingerprint density at radius 1 is 1.23 bits per heavy atom. The Morgan fingerprint density at radius 3 is 2.49 bits per heavy atom. The van der Waals surface area contributed by atoms with Gasteiger partial charge in [0, 0.05) is 11.8 Å². The van der Waals surface area contributed by atoms with Crippen LogP contribution in [0.25, 0.3) is 0 Å². The number of nitrogens with zero attached hydrogens (tertiary/aromatic N) is 1. The zero-order valence-corrected chi connectivity index (χ0v) is 20.9. The molecular weight excluding hydrogens is 506 g/mol. The van der Waals surface area contributed by atoms with Crippen LogP contribution in [-0.4, -0.2) is 40.2 Å². The summed E-state index contributed by atoms with van der Waals surface area (Å²) >= 11 is 5.05. The summed E-state index contributed by atoms with van der Waals surface area (Å²) in [4.78, 5) is 17.1. The van der Waals surface area contributed by atoms with Crippen LogP contribution in [0.5, 0.6) is 5.75 Å². The number of thiocarbonyl (C=S) groups is 1. The monoisotopic (exact) mass is 535 g/mol. The van der Waals surface area contributed by atoms with Gasteiger partial charge in [0.1, 0.15) is 10.7 Å². The van der Waals surface area contributed by atoms with Crippen LogP contribution in [0, 0.1) is 0 Å². The zero-order chi connectivity index (χ0) is 26.5. The van der Waals surface area contributed by atoms with Crippen LogP contribution in [0.2, 0.25) is 0 Å². The van der Waals surface area contributed by atoms with E-state index in [-0.39, 0.29) is 22.9 Å². The Bertz CT molecular complexity index is 1000. The molecule has 5 N–H and O–H groups in total. The highest BCUT2D eigenvalue weighted by Gasteiger charge is 2.35. The molecule has 0 aliphatic heterocycles. The van der Waals surface area contributed by atoms with Crippen LogP contribution >= 0.6 is 20.0 Å². The molecule has 13 heteroatoms. The molecular formula is C22H29F3N3O5PS. The highest BCUT2D eigenvalue weighted by molar-refractivity contribution is 7.80. The van der Waals surface area contributed by atoms with Crippen molar-refractivity contribution in [2.45, 2.75) is 38.9 Å². The molecule has 2 rings (SSSR count). The van der Waals surface area contributed by atoms with E-state index >= 15 is 0 Å². The van der Waals surface area contributed by atoms with Gasteiger partial charge < -0.3 is 20.3 Å². The number of ether oxygens (including phenoxy) is 1. The highest BCUT2D eigenvalue weighted by Crippen LogP contribution is 2.37. The molecule has 0 aliphatic rings. The number of rotatable bonds is 11. The lowest BCUT2D eigenvalue weighted by atomic mass is 10.1. The molecule has 0 fully saturated rings. The van der Waals surface area contributed by atoms with Crippen LogP contribution < -0.4 is 15.9 Å². The number of nitrogens with two attached hydrogens (primary N) is 1. The molecule has 0 spiro atoms. The molecule has 0 aliphatic carbocycles. The normalized spacial score (nSPS) is 12.6. The Kier molecular flexibility index (Phi) is 13.1. The second kappa shape index (κ2) is 14.9. The van der Waals surface area contributed by atoms with Crippen molar-refractivity contribution in [1.82, 2.24) is 5.43 Å². The van der Waals surface area contributed by atoms with Crippen molar-refractivity contribution >= 4 is 31.2 Å². The molecule has 35 heavy (non-hydrogen) atoms. The van der Waals surface area contributed by atoms with E-state index in [4.69, 9.17) is 32.5 Å². The lowest BCUT2D eigenvalue weighted by Gasteiger charge is -2.16. The van der Waals surface area contributed by atoms with Gasteiger partial charge in [-0.1, -0.05) is 56.4 Å². The number of alkyl halides is 3. The molecule has 2 aromatic rings. The molecule has 194 valence electrons. The molecule has 8 nitrogen and oxygen atoms in total. The van der Waals surface area contributed by atoms with Gasteiger partial charge in [0.15, 0.2) is 0 Å². The highest BCUT2D eigenvalue weighted by atomic mass is 32.1. The predicted octanol–water partition coefficient (Wildman–Crippen LogP) is 4.43. The summed E-state index contributed by atoms with van der Waals surface area (Å²) in [5.41, 5.74) is 8.04. The first-order valence-electron chi connectivity index (χ1n) is 10.6. The van der Waals surface area contributed by atoms with Gasteiger partial charge in [0.2, 0.25) is 0 Å². The molecule has 0 heterocycles. The van der Waals surface area contributed by atoms with Crippen molar-refractivity contribution in [2.75, 3.05) is 13.2 Å². The number of aryl methyl sites for hydroxylation is 1. The molecule has 0 aromatic heterocycles. The number of nitrogens with one attached hydrogen (secondary N) is 1. The van der Waals surface area contributed by atoms with Gasteiger partial charge in [-0.2, -0.15) is 18.3 Å². The first kappa shape index (κ1) is 30.7. The summed E-state index contributed by atoms with van der Waals surface area (Å²) in [5, 5.41) is 3.67. The molecule has 0 amide bonds. The Morgan fingerprint density at radius 2 is 1.89 bits per heavy atom. The van der Waals surface area contributed by atoms with Gasteiger partial charge in [0.25, 0.3) is 0 Å². The summed E-state index contributed by atoms with van der Waals surface area (Å²) < 4.78 is 60.8. The van der Waals surface area contributed by atoms with Gasteiger partial charge in [-0.25, -0.2) is 4.57 Å². The van der Waals surface area contributed by atoms with E-state index in [0.29, 0.717) is 12.8 Å². The number of hydrazone groups is 1. The maximum Gasteiger partial charge on any atom is 0.469 e. The molecule has 0 saturated carbocycles. The van der Waals surface area contributed by atoms with E-state index in [1.54, 1.807) is 0 Å². The third-order valence-electron chi connectivity index (χ3n) is 4.12. The van der Waals surface area contributed by atoms with Gasteiger partial charge in [-0.3, -0.25) is 9.95 Å². The lowest BCUT2D eigenvalue weighted by Crippen LogP contribution is -2.29. The van der Waals surface area contributed by atoms with E-state index in [1.807, 2.05) is 44.2 Å². The Balaban J connectivity index is 0.00000298. The third kappa shape index (κ3) is 12.3. The van der Waals surface area contributed by atoms with Crippen LogP contribution in [0.1, 0.15) is 37.0 Å².